The van der Waals surface area contributed by atoms with Crippen LogP contribution in [0.4, 0.5) is 4.39 Å². The second-order valence-corrected chi connectivity index (χ2v) is 7.54. The largest absolute Gasteiger partial charge is 0.309 e. The Balaban J connectivity index is 1.69. The van der Waals surface area contributed by atoms with Gasteiger partial charge in [0.25, 0.3) is 5.91 Å². The van der Waals surface area contributed by atoms with Crippen LogP contribution in [0.3, 0.4) is 0 Å². The van der Waals surface area contributed by atoms with E-state index in [1.165, 1.54) is 17.7 Å². The smallest absolute Gasteiger partial charge is 0.275 e. The predicted octanol–water partition coefficient (Wildman–Crippen LogP) is 4.63. The maximum absolute atomic E-state index is 12.9. The fraction of sp³-hybridized carbons (Fsp3) is 0.273. The van der Waals surface area contributed by atoms with Gasteiger partial charge in [-0.2, -0.15) is 0 Å². The number of halogens is 1. The molecule has 0 unspecified atom stereocenters. The minimum absolute atomic E-state index is 0.0993. The van der Waals surface area contributed by atoms with Crippen molar-refractivity contribution in [2.75, 3.05) is 0 Å². The lowest BCUT2D eigenvalue weighted by molar-refractivity contribution is -0.115. The van der Waals surface area contributed by atoms with Crippen molar-refractivity contribution in [3.8, 4) is 0 Å². The Morgan fingerprint density at radius 2 is 1.65 bits per heavy atom. The molecule has 0 saturated heterocycles. The Morgan fingerprint density at radius 1 is 1.00 bits per heavy atom. The highest BCUT2D eigenvalue weighted by molar-refractivity contribution is 6.14. The average molecular weight is 350 g/mol. The Labute approximate surface area is 153 Å². The molecule has 3 rings (SSSR count). The molecule has 1 amide bonds. The van der Waals surface area contributed by atoms with Crippen molar-refractivity contribution in [3.63, 3.8) is 0 Å². The first kappa shape index (κ1) is 18.1. The Morgan fingerprint density at radius 3 is 2.27 bits per heavy atom. The summed E-state index contributed by atoms with van der Waals surface area (Å²) in [6.45, 7) is 6.51. The van der Waals surface area contributed by atoms with Crippen molar-refractivity contribution >= 4 is 17.8 Å². The molecule has 134 valence electrons. The van der Waals surface area contributed by atoms with Crippen molar-refractivity contribution in [1.29, 1.82) is 0 Å². The summed E-state index contributed by atoms with van der Waals surface area (Å²) >= 11 is 0. The molecule has 0 atom stereocenters. The summed E-state index contributed by atoms with van der Waals surface area (Å²) in [7, 11) is 0. The molecular formula is C22H23FN2O. The number of rotatable bonds is 4. The van der Waals surface area contributed by atoms with Crippen molar-refractivity contribution in [2.45, 2.75) is 39.0 Å². The lowest BCUT2D eigenvalue weighted by Crippen LogP contribution is -2.24. The highest BCUT2D eigenvalue weighted by atomic mass is 19.1. The number of aliphatic imine (C=N–C) groups is 1. The number of aryl methyl sites for hydroxylation is 1. The third-order valence-electron chi connectivity index (χ3n) is 4.39. The fourth-order valence-electron chi connectivity index (χ4n) is 2.79. The maximum atomic E-state index is 12.9. The van der Waals surface area contributed by atoms with E-state index in [-0.39, 0.29) is 17.1 Å². The van der Waals surface area contributed by atoms with Crippen LogP contribution in [0.1, 0.15) is 43.9 Å². The molecular weight excluding hydrogens is 327 g/mol. The molecule has 0 aliphatic carbocycles. The number of nitrogens with one attached hydrogen (secondary N) is 1. The first-order chi connectivity index (χ1) is 12.3. The normalized spacial score (nSPS) is 15.9. The lowest BCUT2D eigenvalue weighted by Gasteiger charge is -2.18. The lowest BCUT2D eigenvalue weighted by atomic mass is 9.87. The van der Waals surface area contributed by atoms with Gasteiger partial charge in [-0.3, -0.25) is 4.79 Å². The summed E-state index contributed by atoms with van der Waals surface area (Å²) < 4.78 is 12.9. The number of carbonyl (C=O) groups excluding carboxylic acids is 1. The van der Waals surface area contributed by atoms with Crippen LogP contribution in [-0.2, 0) is 16.6 Å². The van der Waals surface area contributed by atoms with Gasteiger partial charge in [-0.05, 0) is 46.7 Å². The molecule has 1 aliphatic rings. The summed E-state index contributed by atoms with van der Waals surface area (Å²) in [4.78, 5) is 16.5. The van der Waals surface area contributed by atoms with Crippen molar-refractivity contribution in [1.82, 2.24) is 5.32 Å². The molecule has 0 spiro atoms. The van der Waals surface area contributed by atoms with Gasteiger partial charge < -0.3 is 5.32 Å². The van der Waals surface area contributed by atoms with Crippen molar-refractivity contribution < 1.29 is 9.18 Å². The van der Waals surface area contributed by atoms with E-state index in [0.717, 1.165) is 11.1 Å². The number of amidine groups is 1. The van der Waals surface area contributed by atoms with E-state index in [2.05, 4.69) is 43.2 Å². The Kier molecular flexibility index (Phi) is 5.03. The predicted molar refractivity (Wildman–Crippen MR) is 103 cm³/mol. The van der Waals surface area contributed by atoms with Crippen molar-refractivity contribution in [3.05, 3.63) is 76.7 Å². The minimum Gasteiger partial charge on any atom is -0.309 e. The third-order valence-corrected chi connectivity index (χ3v) is 4.39. The molecule has 0 fully saturated rings. The molecule has 4 heteroatoms. The second-order valence-electron chi connectivity index (χ2n) is 7.54. The van der Waals surface area contributed by atoms with E-state index in [0.29, 0.717) is 24.4 Å². The van der Waals surface area contributed by atoms with Gasteiger partial charge in [-0.25, -0.2) is 9.38 Å². The molecule has 0 radical (unpaired) electrons. The highest BCUT2D eigenvalue weighted by Gasteiger charge is 2.20. The van der Waals surface area contributed by atoms with Crippen molar-refractivity contribution in [2.24, 2.45) is 4.99 Å². The van der Waals surface area contributed by atoms with E-state index >= 15 is 0 Å². The molecule has 1 N–H and O–H groups in total. The molecule has 3 nitrogen and oxygen atoms in total. The van der Waals surface area contributed by atoms with Gasteiger partial charge in [0.05, 0.1) is 0 Å². The van der Waals surface area contributed by atoms with Crippen LogP contribution in [0, 0.1) is 5.82 Å². The van der Waals surface area contributed by atoms with Crippen LogP contribution >= 0.6 is 0 Å². The molecule has 26 heavy (non-hydrogen) atoms. The zero-order chi connectivity index (χ0) is 18.7. The monoisotopic (exact) mass is 350 g/mol. The molecule has 0 aromatic heterocycles. The van der Waals surface area contributed by atoms with Gasteiger partial charge in [0, 0.05) is 6.42 Å². The summed E-state index contributed by atoms with van der Waals surface area (Å²) in [6.07, 6.45) is 3.11. The Hall–Kier alpha value is -2.75. The van der Waals surface area contributed by atoms with E-state index in [1.54, 1.807) is 18.2 Å². The van der Waals surface area contributed by atoms with Gasteiger partial charge in [-0.1, -0.05) is 57.2 Å². The van der Waals surface area contributed by atoms with Crippen LogP contribution in [0.5, 0.6) is 0 Å². The van der Waals surface area contributed by atoms with E-state index in [4.69, 9.17) is 0 Å². The first-order valence-electron chi connectivity index (χ1n) is 8.77. The molecule has 2 aromatic rings. The van der Waals surface area contributed by atoms with Crippen LogP contribution in [0.15, 0.2) is 59.2 Å². The SMILES string of the molecule is CC(C)(C)c1ccc(/C=C2/N=C(CCc3ccc(F)cc3)NC2=O)cc1. The van der Waals surface area contributed by atoms with Gasteiger partial charge in [0.1, 0.15) is 17.3 Å². The number of hydrogen-bond donors (Lipinski definition) is 1. The van der Waals surface area contributed by atoms with Gasteiger partial charge in [-0.15, -0.1) is 0 Å². The molecule has 1 aliphatic heterocycles. The van der Waals surface area contributed by atoms with Gasteiger partial charge >= 0.3 is 0 Å². The highest BCUT2D eigenvalue weighted by Crippen LogP contribution is 2.23. The van der Waals surface area contributed by atoms with Crippen LogP contribution < -0.4 is 5.32 Å². The summed E-state index contributed by atoms with van der Waals surface area (Å²) in [5.41, 5.74) is 3.73. The average Bonchev–Trinajstić information content (AvgIpc) is 2.94. The summed E-state index contributed by atoms with van der Waals surface area (Å²) in [5.74, 6) is 0.221. The second kappa shape index (κ2) is 7.24. The topological polar surface area (TPSA) is 41.5 Å². The fourth-order valence-corrected chi connectivity index (χ4v) is 2.79. The molecule has 0 bridgehead atoms. The number of nitrogens with zero attached hydrogens (tertiary/aromatic N) is 1. The number of hydrogen-bond acceptors (Lipinski definition) is 2. The minimum atomic E-state index is -0.247. The molecule has 2 aromatic carbocycles. The van der Waals surface area contributed by atoms with Crippen LogP contribution in [0.25, 0.3) is 6.08 Å². The van der Waals surface area contributed by atoms with Crippen LogP contribution in [0.2, 0.25) is 0 Å². The summed E-state index contributed by atoms with van der Waals surface area (Å²) in [5, 5.41) is 2.81. The van der Waals surface area contributed by atoms with E-state index in [9.17, 15) is 9.18 Å². The van der Waals surface area contributed by atoms with Crippen LogP contribution in [-0.4, -0.2) is 11.7 Å². The molecule has 1 heterocycles. The number of carbonyl (C=O) groups is 1. The summed E-state index contributed by atoms with van der Waals surface area (Å²) in [6, 6.07) is 14.6. The zero-order valence-corrected chi connectivity index (χ0v) is 15.3. The maximum Gasteiger partial charge on any atom is 0.275 e. The zero-order valence-electron chi connectivity index (χ0n) is 15.3. The van der Waals surface area contributed by atoms with E-state index < -0.39 is 0 Å². The quantitative estimate of drug-likeness (QED) is 0.803. The third kappa shape index (κ3) is 4.45. The standard InChI is InChI=1S/C22H23FN2O/c1-22(2,3)17-9-4-16(5-10-17)14-19-21(26)25-20(24-19)13-8-15-6-11-18(23)12-7-15/h4-7,9-12,14H,8,13H2,1-3H3,(H,24,25,26)/b19-14+. The molecule has 0 saturated carbocycles. The van der Waals surface area contributed by atoms with Gasteiger partial charge in [0.15, 0.2) is 0 Å². The van der Waals surface area contributed by atoms with Gasteiger partial charge in [0.2, 0.25) is 0 Å². The number of benzene rings is 2. The van der Waals surface area contributed by atoms with E-state index in [1.807, 2.05) is 12.1 Å². The first-order valence-corrected chi connectivity index (χ1v) is 8.77. The Bertz CT molecular complexity index is 857. The number of amides is 1.